The minimum atomic E-state index is 0.531. The van der Waals surface area contributed by atoms with E-state index in [1.807, 2.05) is 97.1 Å². The van der Waals surface area contributed by atoms with Crippen LogP contribution in [0.3, 0.4) is 0 Å². The van der Waals surface area contributed by atoms with Gasteiger partial charge in [0.05, 0.1) is 42.9 Å². The number of benzene rings is 2. The second kappa shape index (κ2) is 9.99. The highest BCUT2D eigenvalue weighted by Crippen LogP contribution is 2.41. The molecule has 2 aromatic carbocycles. The van der Waals surface area contributed by atoms with E-state index in [1.165, 1.54) is 0 Å². The van der Waals surface area contributed by atoms with Gasteiger partial charge in [0.2, 0.25) is 0 Å². The van der Waals surface area contributed by atoms with E-state index in [0.717, 1.165) is 61.5 Å². The third-order valence-corrected chi connectivity index (χ3v) is 8.08. The van der Waals surface area contributed by atoms with Crippen molar-refractivity contribution < 1.29 is 0 Å². The first kappa shape index (κ1) is 25.2. The summed E-state index contributed by atoms with van der Waals surface area (Å²) < 4.78 is 0. The van der Waals surface area contributed by atoms with Crippen LogP contribution >= 0.6 is 46.4 Å². The lowest BCUT2D eigenvalue weighted by atomic mass is 10.0. The molecule has 2 aliphatic heterocycles. The number of fused-ring (bicyclic) bond motifs is 8. The Kier molecular flexibility index (Phi) is 6.29. The number of nitrogens with one attached hydrogen (secondary N) is 2. The van der Waals surface area contributed by atoms with Crippen molar-refractivity contribution in [1.82, 2.24) is 19.9 Å². The molecule has 4 nitrogen and oxygen atoms in total. The van der Waals surface area contributed by atoms with E-state index >= 15 is 0 Å². The molecule has 0 aliphatic carbocycles. The van der Waals surface area contributed by atoms with Crippen molar-refractivity contribution in [3.8, 4) is 22.3 Å². The Labute approximate surface area is 249 Å². The highest BCUT2D eigenvalue weighted by atomic mass is 35.5. The van der Waals surface area contributed by atoms with Crippen LogP contribution in [0.15, 0.2) is 72.8 Å². The summed E-state index contributed by atoms with van der Waals surface area (Å²) in [6, 6.07) is 23.0. The maximum Gasteiger partial charge on any atom is 0.0738 e. The first-order valence-corrected chi connectivity index (χ1v) is 13.9. The monoisotopic (exact) mass is 598 g/mol. The van der Waals surface area contributed by atoms with Crippen LogP contribution < -0.4 is 0 Å². The van der Waals surface area contributed by atoms with Crippen LogP contribution in [0.4, 0.5) is 0 Å². The molecule has 0 fully saturated rings. The van der Waals surface area contributed by atoms with Crippen molar-refractivity contribution >= 4 is 92.8 Å². The largest absolute Gasteiger partial charge is 0.355 e. The minimum absolute atomic E-state index is 0.531. The third kappa shape index (κ3) is 4.43. The van der Waals surface area contributed by atoms with E-state index in [4.69, 9.17) is 56.4 Å². The van der Waals surface area contributed by atoms with Gasteiger partial charge in [-0.15, -0.1) is 0 Å². The maximum absolute atomic E-state index is 6.69. The standard InChI is InChI=1S/C32H18Cl4N4/c33-21-3-1-4-22(34)29(21)31-25-11-7-17(37-25)15-19-9-13-27(39-19)32(30-23(35)5-2-6-24(30)36)28-14-10-20(40-28)16-18-8-12-26(31)38-18/h1-16,37-38H. The Morgan fingerprint density at radius 1 is 0.450 bits per heavy atom. The highest BCUT2D eigenvalue weighted by Gasteiger charge is 2.19. The summed E-state index contributed by atoms with van der Waals surface area (Å²) in [4.78, 5) is 16.9. The molecular weight excluding hydrogens is 582 g/mol. The fourth-order valence-electron chi connectivity index (χ4n) is 5.07. The smallest absolute Gasteiger partial charge is 0.0738 e. The second-order valence-corrected chi connectivity index (χ2v) is 11.0. The molecule has 2 aliphatic rings. The van der Waals surface area contributed by atoms with Crippen LogP contribution in [-0.2, 0) is 0 Å². The van der Waals surface area contributed by atoms with Crippen LogP contribution in [0.5, 0.6) is 0 Å². The molecule has 5 heterocycles. The lowest BCUT2D eigenvalue weighted by molar-refractivity contribution is 1.28. The van der Waals surface area contributed by atoms with Gasteiger partial charge in [0.25, 0.3) is 0 Å². The molecular formula is C32H18Cl4N4. The molecule has 194 valence electrons. The molecule has 0 radical (unpaired) electrons. The summed E-state index contributed by atoms with van der Waals surface area (Å²) >= 11 is 26.7. The molecule has 0 saturated carbocycles. The summed E-state index contributed by atoms with van der Waals surface area (Å²) in [5, 5.41) is 2.18. The van der Waals surface area contributed by atoms with Crippen molar-refractivity contribution in [2.45, 2.75) is 0 Å². The number of hydrogen-bond acceptors (Lipinski definition) is 2. The van der Waals surface area contributed by atoms with Gasteiger partial charge >= 0.3 is 0 Å². The molecule has 5 aromatic rings. The molecule has 0 unspecified atom stereocenters. The Balaban J connectivity index is 1.60. The zero-order valence-corrected chi connectivity index (χ0v) is 23.7. The molecule has 0 atom stereocenters. The van der Waals surface area contributed by atoms with Crippen LogP contribution in [0.1, 0.15) is 22.8 Å². The van der Waals surface area contributed by atoms with Gasteiger partial charge in [-0.2, -0.15) is 0 Å². The molecule has 8 heteroatoms. The van der Waals surface area contributed by atoms with Crippen LogP contribution in [0, 0.1) is 0 Å². The molecule has 7 rings (SSSR count). The molecule has 40 heavy (non-hydrogen) atoms. The highest BCUT2D eigenvalue weighted by molar-refractivity contribution is 6.40. The van der Waals surface area contributed by atoms with Gasteiger partial charge in [0.15, 0.2) is 0 Å². The number of aromatic amines is 2. The molecule has 0 spiro atoms. The van der Waals surface area contributed by atoms with Crippen LogP contribution in [-0.4, -0.2) is 19.9 Å². The second-order valence-electron chi connectivity index (χ2n) is 9.40. The van der Waals surface area contributed by atoms with Crippen molar-refractivity contribution in [2.75, 3.05) is 0 Å². The Morgan fingerprint density at radius 3 is 1.32 bits per heavy atom. The van der Waals surface area contributed by atoms with Crippen molar-refractivity contribution in [3.05, 3.63) is 116 Å². The number of hydrogen-bond donors (Lipinski definition) is 2. The first-order chi connectivity index (χ1) is 19.4. The fourth-order valence-corrected chi connectivity index (χ4v) is 6.25. The van der Waals surface area contributed by atoms with Gasteiger partial charge in [-0.3, -0.25) is 0 Å². The molecule has 2 N–H and O–H groups in total. The van der Waals surface area contributed by atoms with Crippen LogP contribution in [0.25, 0.3) is 68.6 Å². The van der Waals surface area contributed by atoms with E-state index in [2.05, 4.69) is 9.97 Å². The summed E-state index contributed by atoms with van der Waals surface area (Å²) in [6.07, 6.45) is 7.83. The van der Waals surface area contributed by atoms with Crippen LogP contribution in [0.2, 0.25) is 20.1 Å². The van der Waals surface area contributed by atoms with Gasteiger partial charge in [-0.1, -0.05) is 58.5 Å². The number of rotatable bonds is 2. The Morgan fingerprint density at radius 2 is 0.875 bits per heavy atom. The van der Waals surface area contributed by atoms with Gasteiger partial charge < -0.3 is 9.97 Å². The normalized spacial score (nSPS) is 12.3. The van der Waals surface area contributed by atoms with Crippen molar-refractivity contribution in [1.29, 1.82) is 0 Å². The topological polar surface area (TPSA) is 57.4 Å². The quantitative estimate of drug-likeness (QED) is 0.208. The first-order valence-electron chi connectivity index (χ1n) is 12.4. The SMILES string of the molecule is Clc1cccc(Cl)c1-c1c2nc(cc3ccc([nH]3)c(-c3c(Cl)cccc3Cl)c3ccc(cc4nc1C=C4)[nH]3)C=C2. The number of nitrogens with zero attached hydrogens (tertiary/aromatic N) is 2. The predicted octanol–water partition coefficient (Wildman–Crippen LogP) is 10.6. The lowest BCUT2D eigenvalue weighted by Gasteiger charge is -2.09. The van der Waals surface area contributed by atoms with E-state index in [9.17, 15) is 0 Å². The molecule has 8 bridgehead atoms. The van der Waals surface area contributed by atoms with Gasteiger partial charge in [0, 0.05) is 44.3 Å². The maximum atomic E-state index is 6.69. The Bertz CT molecular complexity index is 1930. The summed E-state index contributed by atoms with van der Waals surface area (Å²) in [5.74, 6) is 0. The lowest BCUT2D eigenvalue weighted by Crippen LogP contribution is -1.91. The number of H-pyrrole nitrogens is 2. The molecule has 0 amide bonds. The third-order valence-electron chi connectivity index (χ3n) is 6.82. The number of aromatic nitrogens is 4. The predicted molar refractivity (Wildman–Crippen MR) is 170 cm³/mol. The van der Waals surface area contributed by atoms with Crippen molar-refractivity contribution in [3.63, 3.8) is 0 Å². The van der Waals surface area contributed by atoms with Gasteiger partial charge in [-0.25, -0.2) is 9.97 Å². The summed E-state index contributed by atoms with van der Waals surface area (Å²) in [7, 11) is 0. The van der Waals surface area contributed by atoms with E-state index < -0.39 is 0 Å². The Hall–Kier alpha value is -3.80. The summed E-state index contributed by atoms with van der Waals surface area (Å²) in [5.41, 5.74) is 9.52. The van der Waals surface area contributed by atoms with Crippen molar-refractivity contribution in [2.24, 2.45) is 0 Å². The van der Waals surface area contributed by atoms with E-state index in [0.29, 0.717) is 25.7 Å². The average Bonchev–Trinajstić information content (AvgIpc) is 3.73. The van der Waals surface area contributed by atoms with Gasteiger partial charge in [-0.05, 0) is 85.0 Å². The summed E-state index contributed by atoms with van der Waals surface area (Å²) in [6.45, 7) is 0. The van der Waals surface area contributed by atoms with E-state index in [1.54, 1.807) is 0 Å². The van der Waals surface area contributed by atoms with Gasteiger partial charge in [0.1, 0.15) is 0 Å². The molecule has 0 saturated heterocycles. The molecule has 3 aromatic heterocycles. The zero-order chi connectivity index (χ0) is 27.4. The zero-order valence-electron chi connectivity index (χ0n) is 20.6. The van der Waals surface area contributed by atoms with E-state index in [-0.39, 0.29) is 0 Å². The number of halogens is 4. The average molecular weight is 600 g/mol. The minimum Gasteiger partial charge on any atom is -0.355 e. The fraction of sp³-hybridized carbons (Fsp3) is 0.